The second-order valence-corrected chi connectivity index (χ2v) is 6.82. The van der Waals surface area contributed by atoms with Crippen LogP contribution in [0.4, 0.5) is 0 Å². The molecule has 2 unspecified atom stereocenters. The minimum absolute atomic E-state index is 0.00601. The molecule has 0 fully saturated rings. The minimum Gasteiger partial charge on any atom is -0.324 e. The molecule has 0 heterocycles. The highest BCUT2D eigenvalue weighted by molar-refractivity contribution is 7.89. The summed E-state index contributed by atoms with van der Waals surface area (Å²) in [5.41, 5.74) is 6.83. The predicted octanol–water partition coefficient (Wildman–Crippen LogP) is 2.95. The maximum Gasteiger partial charge on any atom is 0.240 e. The van der Waals surface area contributed by atoms with Gasteiger partial charge in [-0.05, 0) is 37.0 Å². The molecule has 0 radical (unpaired) electrons. The quantitative estimate of drug-likeness (QED) is 0.775. The van der Waals surface area contributed by atoms with Crippen LogP contribution in [0.2, 0.25) is 0 Å². The molecule has 1 aromatic rings. The van der Waals surface area contributed by atoms with Gasteiger partial charge < -0.3 is 5.73 Å². The van der Waals surface area contributed by atoms with Gasteiger partial charge in [0, 0.05) is 12.1 Å². The molecule has 5 heteroatoms. The van der Waals surface area contributed by atoms with E-state index in [-0.39, 0.29) is 12.1 Å². The van der Waals surface area contributed by atoms with Crippen molar-refractivity contribution in [2.45, 2.75) is 63.4 Å². The van der Waals surface area contributed by atoms with Crippen LogP contribution in [0.1, 0.15) is 58.1 Å². The molecule has 1 aromatic carbocycles. The van der Waals surface area contributed by atoms with Crippen molar-refractivity contribution in [3.63, 3.8) is 0 Å². The maximum absolute atomic E-state index is 12.4. The second kappa shape index (κ2) is 7.76. The van der Waals surface area contributed by atoms with E-state index in [0.717, 1.165) is 31.2 Å². The lowest BCUT2D eigenvalue weighted by Gasteiger charge is -2.17. The first kappa shape index (κ1) is 17.1. The standard InChI is InChI=1S/C15H26N2O2S/c1-4-8-13(5-2)17-20(18,19)14-10-7-9-12(11-14)15(16)6-3/h7,9-11,13,15,17H,4-6,8,16H2,1-3H3. The molecule has 0 aliphatic heterocycles. The predicted molar refractivity (Wildman–Crippen MR) is 83.0 cm³/mol. The first-order chi connectivity index (χ1) is 9.44. The first-order valence-electron chi connectivity index (χ1n) is 7.32. The molecule has 0 spiro atoms. The molecule has 114 valence electrons. The van der Waals surface area contributed by atoms with Gasteiger partial charge in [0.15, 0.2) is 0 Å². The topological polar surface area (TPSA) is 72.2 Å². The Balaban J connectivity index is 2.97. The van der Waals surface area contributed by atoms with E-state index in [2.05, 4.69) is 11.6 Å². The average molecular weight is 298 g/mol. The van der Waals surface area contributed by atoms with Gasteiger partial charge in [-0.1, -0.05) is 39.3 Å². The Morgan fingerprint density at radius 1 is 1.20 bits per heavy atom. The fourth-order valence-corrected chi connectivity index (χ4v) is 3.54. The monoisotopic (exact) mass is 298 g/mol. The SMILES string of the molecule is CCCC(CC)NS(=O)(=O)c1cccc(C(N)CC)c1. The van der Waals surface area contributed by atoms with Crippen LogP contribution in [0.3, 0.4) is 0 Å². The molecule has 3 N–H and O–H groups in total. The van der Waals surface area contributed by atoms with Crippen LogP contribution >= 0.6 is 0 Å². The highest BCUT2D eigenvalue weighted by atomic mass is 32.2. The molecule has 0 aliphatic carbocycles. The Morgan fingerprint density at radius 2 is 1.90 bits per heavy atom. The summed E-state index contributed by atoms with van der Waals surface area (Å²) in [6.07, 6.45) is 3.39. The van der Waals surface area contributed by atoms with Crippen LogP contribution < -0.4 is 10.5 Å². The molecular formula is C15H26N2O2S. The number of hydrogen-bond donors (Lipinski definition) is 2. The smallest absolute Gasteiger partial charge is 0.240 e. The van der Waals surface area contributed by atoms with Crippen molar-refractivity contribution in [2.75, 3.05) is 0 Å². The zero-order chi connectivity index (χ0) is 15.2. The van der Waals surface area contributed by atoms with Gasteiger partial charge in [-0.3, -0.25) is 0 Å². The van der Waals surface area contributed by atoms with Crippen LogP contribution in [0.25, 0.3) is 0 Å². The van der Waals surface area contributed by atoms with Crippen molar-refractivity contribution in [1.82, 2.24) is 4.72 Å². The minimum atomic E-state index is -3.46. The molecule has 0 amide bonds. The number of hydrogen-bond acceptors (Lipinski definition) is 3. The second-order valence-electron chi connectivity index (χ2n) is 5.10. The third-order valence-electron chi connectivity index (χ3n) is 3.49. The van der Waals surface area contributed by atoms with E-state index in [1.54, 1.807) is 18.2 Å². The number of nitrogens with two attached hydrogens (primary N) is 1. The molecule has 0 bridgehead atoms. The number of sulfonamides is 1. The number of benzene rings is 1. The number of nitrogens with one attached hydrogen (secondary N) is 1. The van der Waals surface area contributed by atoms with Crippen LogP contribution in [-0.4, -0.2) is 14.5 Å². The van der Waals surface area contributed by atoms with E-state index < -0.39 is 10.0 Å². The van der Waals surface area contributed by atoms with E-state index in [9.17, 15) is 8.42 Å². The lowest BCUT2D eigenvalue weighted by Crippen LogP contribution is -2.34. The van der Waals surface area contributed by atoms with Gasteiger partial charge in [-0.2, -0.15) is 0 Å². The summed E-state index contributed by atoms with van der Waals surface area (Å²) in [4.78, 5) is 0.299. The van der Waals surface area contributed by atoms with Crippen molar-refractivity contribution in [3.05, 3.63) is 29.8 Å². The molecule has 0 saturated heterocycles. The van der Waals surface area contributed by atoms with E-state index in [1.165, 1.54) is 0 Å². The summed E-state index contributed by atoms with van der Waals surface area (Å²) in [5.74, 6) is 0. The van der Waals surface area contributed by atoms with Crippen molar-refractivity contribution < 1.29 is 8.42 Å². The van der Waals surface area contributed by atoms with Gasteiger partial charge in [0.25, 0.3) is 0 Å². The average Bonchev–Trinajstić information content (AvgIpc) is 2.45. The van der Waals surface area contributed by atoms with Crippen molar-refractivity contribution in [1.29, 1.82) is 0 Å². The van der Waals surface area contributed by atoms with Crippen LogP contribution in [-0.2, 0) is 10.0 Å². The van der Waals surface area contributed by atoms with E-state index in [0.29, 0.717) is 4.90 Å². The lowest BCUT2D eigenvalue weighted by molar-refractivity contribution is 0.512. The highest BCUT2D eigenvalue weighted by Crippen LogP contribution is 2.19. The summed E-state index contributed by atoms with van der Waals surface area (Å²) in [6.45, 7) is 6.03. The Labute approximate surface area is 122 Å². The molecule has 20 heavy (non-hydrogen) atoms. The van der Waals surface area contributed by atoms with Crippen molar-refractivity contribution >= 4 is 10.0 Å². The zero-order valence-electron chi connectivity index (χ0n) is 12.6. The molecule has 0 aliphatic rings. The molecule has 1 rings (SSSR count). The Bertz CT molecular complexity index is 514. The third kappa shape index (κ3) is 4.58. The summed E-state index contributed by atoms with van der Waals surface area (Å²) >= 11 is 0. The summed E-state index contributed by atoms with van der Waals surface area (Å²) < 4.78 is 27.6. The Morgan fingerprint density at radius 3 is 2.45 bits per heavy atom. The molecular weight excluding hydrogens is 272 g/mol. The highest BCUT2D eigenvalue weighted by Gasteiger charge is 2.19. The van der Waals surface area contributed by atoms with Crippen molar-refractivity contribution in [2.24, 2.45) is 5.73 Å². The normalized spacial score (nSPS) is 15.0. The van der Waals surface area contributed by atoms with E-state index in [4.69, 9.17) is 5.73 Å². The summed E-state index contributed by atoms with van der Waals surface area (Å²) in [7, 11) is -3.46. The van der Waals surface area contributed by atoms with Crippen molar-refractivity contribution in [3.8, 4) is 0 Å². The van der Waals surface area contributed by atoms with Gasteiger partial charge in [-0.15, -0.1) is 0 Å². The summed E-state index contributed by atoms with van der Waals surface area (Å²) in [6, 6.07) is 6.79. The van der Waals surface area contributed by atoms with Gasteiger partial charge in [-0.25, -0.2) is 13.1 Å². The zero-order valence-corrected chi connectivity index (χ0v) is 13.4. The largest absolute Gasteiger partial charge is 0.324 e. The molecule has 4 nitrogen and oxygen atoms in total. The fourth-order valence-electron chi connectivity index (χ4n) is 2.13. The van der Waals surface area contributed by atoms with E-state index in [1.807, 2.05) is 19.9 Å². The van der Waals surface area contributed by atoms with Crippen LogP contribution in [0, 0.1) is 0 Å². The van der Waals surface area contributed by atoms with Gasteiger partial charge >= 0.3 is 0 Å². The molecule has 0 saturated carbocycles. The third-order valence-corrected chi connectivity index (χ3v) is 5.01. The van der Waals surface area contributed by atoms with Gasteiger partial charge in [0.1, 0.15) is 0 Å². The van der Waals surface area contributed by atoms with Gasteiger partial charge in [0.05, 0.1) is 4.90 Å². The van der Waals surface area contributed by atoms with E-state index >= 15 is 0 Å². The number of rotatable bonds is 8. The molecule has 0 aromatic heterocycles. The lowest BCUT2D eigenvalue weighted by atomic mass is 10.1. The molecule has 2 atom stereocenters. The fraction of sp³-hybridized carbons (Fsp3) is 0.600. The van der Waals surface area contributed by atoms with Crippen LogP contribution in [0.15, 0.2) is 29.2 Å². The Hall–Kier alpha value is -0.910. The first-order valence-corrected chi connectivity index (χ1v) is 8.80. The maximum atomic E-state index is 12.4. The summed E-state index contributed by atoms with van der Waals surface area (Å²) in [5, 5.41) is 0. The van der Waals surface area contributed by atoms with Gasteiger partial charge in [0.2, 0.25) is 10.0 Å². The van der Waals surface area contributed by atoms with Crippen LogP contribution in [0.5, 0.6) is 0 Å². The Kier molecular flexibility index (Phi) is 6.65.